The fraction of sp³-hybridized carbons (Fsp3) is 0.241. The molecule has 6 N–H and O–H groups in total. The maximum atomic E-state index is 14.6. The number of nitrogens with two attached hydrogens (primary N) is 2. The summed E-state index contributed by atoms with van der Waals surface area (Å²) in [5.74, 6) is 5.30. The average Bonchev–Trinajstić information content (AvgIpc) is 3.48. The molecule has 11 heteroatoms. The van der Waals surface area contributed by atoms with Crippen molar-refractivity contribution >= 4 is 23.1 Å². The van der Waals surface area contributed by atoms with Crippen molar-refractivity contribution in [3.05, 3.63) is 95.9 Å². The van der Waals surface area contributed by atoms with Gasteiger partial charge in [-0.15, -0.1) is 0 Å². The molecule has 1 fully saturated rings. The first kappa shape index (κ1) is 27.0. The summed E-state index contributed by atoms with van der Waals surface area (Å²) in [6.07, 6.45) is 6.27. The van der Waals surface area contributed by atoms with E-state index < -0.39 is 11.8 Å². The van der Waals surface area contributed by atoms with Crippen LogP contribution in [-0.4, -0.2) is 32.2 Å². The maximum absolute atomic E-state index is 14.6. The molecule has 206 valence electrons. The molecule has 1 saturated carbocycles. The third-order valence-electron chi connectivity index (χ3n) is 7.10. The van der Waals surface area contributed by atoms with E-state index in [-0.39, 0.29) is 28.9 Å². The normalized spacial score (nSPS) is 17.8. The molecule has 0 radical (unpaired) electrons. The Labute approximate surface area is 230 Å². The molecule has 2 heterocycles. The van der Waals surface area contributed by atoms with Gasteiger partial charge in [0.1, 0.15) is 11.5 Å². The van der Waals surface area contributed by atoms with E-state index in [1.807, 2.05) is 24.3 Å². The average molecular weight is 544 g/mol. The topological polar surface area (TPSA) is 156 Å². The SMILES string of the molecule is N/C(=C(/c1ccncc1)N(N)c1ccccc1F)c1nc(-c2ccc(CNC3CCC(C(=O)O)CC3)cc2)no1. The molecule has 1 aliphatic carbocycles. The lowest BCUT2D eigenvalue weighted by Gasteiger charge is -2.27. The summed E-state index contributed by atoms with van der Waals surface area (Å²) in [7, 11) is 0. The molecule has 0 amide bonds. The van der Waals surface area contributed by atoms with E-state index in [2.05, 4.69) is 20.4 Å². The van der Waals surface area contributed by atoms with Crippen molar-refractivity contribution < 1.29 is 18.8 Å². The minimum Gasteiger partial charge on any atom is -0.481 e. The van der Waals surface area contributed by atoms with E-state index in [0.29, 0.717) is 36.8 Å². The monoisotopic (exact) mass is 543 g/mol. The van der Waals surface area contributed by atoms with Gasteiger partial charge in [-0.2, -0.15) is 4.98 Å². The second-order valence-electron chi connectivity index (χ2n) is 9.71. The molecule has 1 aliphatic rings. The van der Waals surface area contributed by atoms with Crippen LogP contribution in [0.5, 0.6) is 0 Å². The molecule has 4 aromatic rings. The molecule has 10 nitrogen and oxygen atoms in total. The maximum Gasteiger partial charge on any atom is 0.306 e. The fourth-order valence-corrected chi connectivity index (χ4v) is 4.83. The van der Waals surface area contributed by atoms with Crippen LogP contribution in [0.3, 0.4) is 0 Å². The number of halogens is 1. The van der Waals surface area contributed by atoms with E-state index in [4.69, 9.17) is 16.1 Å². The zero-order valence-electron chi connectivity index (χ0n) is 21.7. The van der Waals surface area contributed by atoms with Crippen LogP contribution < -0.4 is 21.9 Å². The Morgan fingerprint density at radius 3 is 2.42 bits per heavy atom. The molecule has 0 aliphatic heterocycles. The minimum atomic E-state index is -0.699. The minimum absolute atomic E-state index is 0.0382. The number of aliphatic carboxylic acids is 1. The summed E-state index contributed by atoms with van der Waals surface area (Å²) < 4.78 is 20.1. The number of hydrogen-bond donors (Lipinski definition) is 4. The number of para-hydroxylation sites is 1. The Morgan fingerprint density at radius 2 is 1.75 bits per heavy atom. The van der Waals surface area contributed by atoms with Gasteiger partial charge in [0, 0.05) is 36.1 Å². The number of nitrogens with one attached hydrogen (secondary N) is 1. The first-order valence-corrected chi connectivity index (χ1v) is 13.0. The number of carboxylic acid groups (broad SMARTS) is 1. The highest BCUT2D eigenvalue weighted by Gasteiger charge is 2.26. The van der Waals surface area contributed by atoms with E-state index in [0.717, 1.165) is 29.0 Å². The van der Waals surface area contributed by atoms with Crippen molar-refractivity contribution in [1.82, 2.24) is 20.4 Å². The fourth-order valence-electron chi connectivity index (χ4n) is 4.83. The van der Waals surface area contributed by atoms with Crippen LogP contribution in [0.25, 0.3) is 22.8 Å². The van der Waals surface area contributed by atoms with Gasteiger partial charge in [-0.1, -0.05) is 41.6 Å². The van der Waals surface area contributed by atoms with E-state index >= 15 is 0 Å². The number of pyridine rings is 1. The predicted octanol–water partition coefficient (Wildman–Crippen LogP) is 4.17. The molecule has 0 saturated heterocycles. The highest BCUT2D eigenvalue weighted by atomic mass is 19.1. The Kier molecular flexibility index (Phi) is 8.13. The van der Waals surface area contributed by atoms with Crippen LogP contribution in [-0.2, 0) is 11.3 Å². The third-order valence-corrected chi connectivity index (χ3v) is 7.10. The van der Waals surface area contributed by atoms with Crippen LogP contribution in [0.4, 0.5) is 10.1 Å². The summed E-state index contributed by atoms with van der Waals surface area (Å²) in [4.78, 5) is 19.7. The van der Waals surface area contributed by atoms with Crippen LogP contribution in [0, 0.1) is 11.7 Å². The van der Waals surface area contributed by atoms with E-state index in [1.54, 1.807) is 42.7 Å². The molecular formula is C29H30FN7O3. The zero-order valence-corrected chi connectivity index (χ0v) is 21.7. The standard InChI is InChI=1S/C29H30FN7O3/c30-23-3-1-2-4-24(23)37(32)26(19-13-15-33-16-14-19)25(31)28-35-27(36-40-28)20-7-5-18(6-8-20)17-34-22-11-9-21(10-12-22)29(38)39/h1-8,13-16,21-22,34H,9-12,17,31-32H2,(H,38,39)/b26-25-. The second-order valence-corrected chi connectivity index (χ2v) is 9.71. The molecule has 0 unspecified atom stereocenters. The Bertz CT molecular complexity index is 1480. The lowest BCUT2D eigenvalue weighted by atomic mass is 9.86. The lowest BCUT2D eigenvalue weighted by Crippen LogP contribution is -2.34. The summed E-state index contributed by atoms with van der Waals surface area (Å²) in [5.41, 5.74) is 9.37. The molecular weight excluding hydrogens is 513 g/mol. The number of hydrogen-bond acceptors (Lipinski definition) is 9. The van der Waals surface area contributed by atoms with Gasteiger partial charge in [0.25, 0.3) is 5.89 Å². The van der Waals surface area contributed by atoms with Gasteiger partial charge in [0.15, 0.2) is 0 Å². The van der Waals surface area contributed by atoms with Gasteiger partial charge in [0.05, 0.1) is 17.3 Å². The quantitative estimate of drug-likeness (QED) is 0.178. The number of carbonyl (C=O) groups is 1. The molecule has 0 atom stereocenters. The summed E-state index contributed by atoms with van der Waals surface area (Å²) in [6, 6.07) is 17.5. The van der Waals surface area contributed by atoms with Crippen molar-refractivity contribution in [3.63, 3.8) is 0 Å². The number of aromatic nitrogens is 3. The first-order chi connectivity index (χ1) is 19.4. The van der Waals surface area contributed by atoms with Gasteiger partial charge < -0.3 is 20.7 Å². The Hall–Kier alpha value is -4.61. The summed E-state index contributed by atoms with van der Waals surface area (Å²) in [6.45, 7) is 0.674. The number of carboxylic acids is 1. The number of benzene rings is 2. The van der Waals surface area contributed by atoms with Crippen molar-refractivity contribution in [3.8, 4) is 11.4 Å². The number of hydrazine groups is 1. The molecule has 5 rings (SSSR count). The largest absolute Gasteiger partial charge is 0.481 e. The lowest BCUT2D eigenvalue weighted by molar-refractivity contribution is -0.142. The van der Waals surface area contributed by atoms with Gasteiger partial charge in [-0.3, -0.25) is 14.8 Å². The second kappa shape index (κ2) is 12.1. The first-order valence-electron chi connectivity index (χ1n) is 13.0. The van der Waals surface area contributed by atoms with Gasteiger partial charge in [0.2, 0.25) is 5.82 Å². The molecule has 0 spiro atoms. The van der Waals surface area contributed by atoms with E-state index in [1.165, 1.54) is 6.07 Å². The van der Waals surface area contributed by atoms with Crippen molar-refractivity contribution in [2.75, 3.05) is 5.01 Å². The molecule has 0 bridgehead atoms. The summed E-state index contributed by atoms with van der Waals surface area (Å²) >= 11 is 0. The predicted molar refractivity (Wildman–Crippen MR) is 148 cm³/mol. The summed E-state index contributed by atoms with van der Waals surface area (Å²) in [5, 5.41) is 17.9. The van der Waals surface area contributed by atoms with Crippen molar-refractivity contribution in [2.45, 2.75) is 38.3 Å². The molecule has 2 aromatic carbocycles. The van der Waals surface area contributed by atoms with E-state index in [9.17, 15) is 14.3 Å². The molecule has 2 aromatic heterocycles. The highest BCUT2D eigenvalue weighted by molar-refractivity contribution is 5.93. The highest BCUT2D eigenvalue weighted by Crippen LogP contribution is 2.30. The van der Waals surface area contributed by atoms with Crippen LogP contribution >= 0.6 is 0 Å². The van der Waals surface area contributed by atoms with Crippen molar-refractivity contribution in [1.29, 1.82) is 0 Å². The van der Waals surface area contributed by atoms with Gasteiger partial charge in [-0.05, 0) is 55.5 Å². The van der Waals surface area contributed by atoms with Crippen molar-refractivity contribution in [2.24, 2.45) is 17.5 Å². The van der Waals surface area contributed by atoms with Crippen LogP contribution in [0.2, 0.25) is 0 Å². The smallest absolute Gasteiger partial charge is 0.306 e. The van der Waals surface area contributed by atoms with Crippen LogP contribution in [0.15, 0.2) is 77.6 Å². The number of anilines is 1. The van der Waals surface area contributed by atoms with Gasteiger partial charge in [-0.25, -0.2) is 10.2 Å². The third kappa shape index (κ3) is 6.00. The number of nitrogens with zero attached hydrogens (tertiary/aromatic N) is 4. The van der Waals surface area contributed by atoms with Gasteiger partial charge >= 0.3 is 5.97 Å². The molecule has 40 heavy (non-hydrogen) atoms. The van der Waals surface area contributed by atoms with Crippen LogP contribution in [0.1, 0.15) is 42.7 Å². The zero-order chi connectivity index (χ0) is 28.1. The number of rotatable bonds is 9. The Morgan fingerprint density at radius 1 is 1.05 bits per heavy atom. The Balaban J connectivity index is 1.32.